The predicted molar refractivity (Wildman–Crippen MR) is 89.2 cm³/mol. The quantitative estimate of drug-likeness (QED) is 0.619. The summed E-state index contributed by atoms with van der Waals surface area (Å²) < 4.78 is 0. The van der Waals surface area contributed by atoms with Crippen LogP contribution < -0.4 is 11.5 Å². The van der Waals surface area contributed by atoms with Crippen molar-refractivity contribution in [2.24, 2.45) is 28.3 Å². The van der Waals surface area contributed by atoms with E-state index in [2.05, 4.69) is 49.0 Å². The monoisotopic (exact) mass is 288 g/mol. The molecule has 4 nitrogen and oxygen atoms in total. The van der Waals surface area contributed by atoms with E-state index in [9.17, 15) is 0 Å². The normalized spacial score (nSPS) is 17.3. The van der Waals surface area contributed by atoms with Gasteiger partial charge >= 0.3 is 0 Å². The number of benzene rings is 1. The fourth-order valence-corrected chi connectivity index (χ4v) is 3.22. The zero-order valence-electron chi connectivity index (χ0n) is 13.5. The Kier molecular flexibility index (Phi) is 5.23. The van der Waals surface area contributed by atoms with Crippen LogP contribution in [0.25, 0.3) is 0 Å². The molecule has 4 N–H and O–H groups in total. The van der Waals surface area contributed by atoms with E-state index in [1.165, 1.54) is 16.7 Å². The Hall–Kier alpha value is -1.55. The van der Waals surface area contributed by atoms with E-state index in [-0.39, 0.29) is 5.96 Å². The minimum atomic E-state index is 0.196. The first-order valence-electron chi connectivity index (χ1n) is 7.78. The fraction of sp³-hybridized carbons (Fsp3) is 0.588. The van der Waals surface area contributed by atoms with E-state index in [0.717, 1.165) is 32.5 Å². The summed E-state index contributed by atoms with van der Waals surface area (Å²) in [5.74, 6) is 1.45. The summed E-state index contributed by atoms with van der Waals surface area (Å²) >= 11 is 0. The number of hydrogen-bond donors (Lipinski definition) is 2. The molecule has 0 aromatic heterocycles. The summed E-state index contributed by atoms with van der Waals surface area (Å²) in [6, 6.07) is 6.91. The highest BCUT2D eigenvalue weighted by Gasteiger charge is 2.21. The molecule has 0 heterocycles. The SMILES string of the molecule is CC(C)CN(C)Cc1ccc2c(c1)C[C@H](CN=C(N)N)C2. The molecule has 0 saturated heterocycles. The van der Waals surface area contributed by atoms with Crippen molar-refractivity contribution >= 4 is 5.96 Å². The van der Waals surface area contributed by atoms with Gasteiger partial charge in [0.2, 0.25) is 0 Å². The van der Waals surface area contributed by atoms with Crippen LogP contribution in [-0.2, 0) is 19.4 Å². The number of fused-ring (bicyclic) bond motifs is 1. The van der Waals surface area contributed by atoms with Gasteiger partial charge in [-0.3, -0.25) is 4.99 Å². The Bertz CT molecular complexity index is 504. The van der Waals surface area contributed by atoms with Crippen molar-refractivity contribution in [2.45, 2.75) is 33.2 Å². The zero-order chi connectivity index (χ0) is 15.4. The van der Waals surface area contributed by atoms with Gasteiger partial charge in [0, 0.05) is 19.6 Å². The summed E-state index contributed by atoms with van der Waals surface area (Å²) in [5.41, 5.74) is 15.2. The molecule has 0 unspecified atom stereocenters. The average molecular weight is 288 g/mol. The van der Waals surface area contributed by atoms with Crippen molar-refractivity contribution in [3.8, 4) is 0 Å². The maximum Gasteiger partial charge on any atom is 0.185 e. The molecule has 0 bridgehead atoms. The number of guanidine groups is 1. The summed E-state index contributed by atoms with van der Waals surface area (Å²) in [5, 5.41) is 0. The van der Waals surface area contributed by atoms with E-state index < -0.39 is 0 Å². The Morgan fingerprint density at radius 1 is 1.29 bits per heavy atom. The summed E-state index contributed by atoms with van der Waals surface area (Å²) in [4.78, 5) is 6.54. The first-order valence-corrected chi connectivity index (χ1v) is 7.78. The summed E-state index contributed by atoms with van der Waals surface area (Å²) in [7, 11) is 2.19. The number of hydrogen-bond acceptors (Lipinski definition) is 2. The van der Waals surface area contributed by atoms with Crippen LogP contribution in [0.2, 0.25) is 0 Å². The Balaban J connectivity index is 1.96. The summed E-state index contributed by atoms with van der Waals surface area (Å²) in [6.45, 7) is 7.40. The number of aliphatic imine (C=N–C) groups is 1. The van der Waals surface area contributed by atoms with Crippen molar-refractivity contribution in [1.82, 2.24) is 4.90 Å². The molecule has 0 radical (unpaired) electrons. The van der Waals surface area contributed by atoms with Crippen molar-refractivity contribution in [1.29, 1.82) is 0 Å². The third-order valence-electron chi connectivity index (χ3n) is 3.95. The lowest BCUT2D eigenvalue weighted by Crippen LogP contribution is -2.24. The van der Waals surface area contributed by atoms with Crippen molar-refractivity contribution in [2.75, 3.05) is 20.1 Å². The lowest BCUT2D eigenvalue weighted by atomic mass is 10.1. The summed E-state index contributed by atoms with van der Waals surface area (Å²) in [6.07, 6.45) is 2.18. The van der Waals surface area contributed by atoms with Gasteiger partial charge in [-0.25, -0.2) is 0 Å². The van der Waals surface area contributed by atoms with Crippen LogP contribution in [-0.4, -0.2) is 31.0 Å². The molecule has 2 rings (SSSR count). The van der Waals surface area contributed by atoms with Gasteiger partial charge in [0.25, 0.3) is 0 Å². The molecule has 1 aliphatic rings. The molecule has 1 aliphatic carbocycles. The third kappa shape index (κ3) is 4.74. The molecule has 4 heteroatoms. The number of nitrogens with zero attached hydrogens (tertiary/aromatic N) is 2. The molecule has 0 aliphatic heterocycles. The van der Waals surface area contributed by atoms with Gasteiger partial charge in [-0.15, -0.1) is 0 Å². The molecule has 1 atom stereocenters. The molecule has 0 saturated carbocycles. The molecule has 0 spiro atoms. The van der Waals surface area contributed by atoms with E-state index in [0.29, 0.717) is 11.8 Å². The maximum absolute atomic E-state index is 5.42. The van der Waals surface area contributed by atoms with Gasteiger partial charge < -0.3 is 16.4 Å². The second-order valence-electron chi connectivity index (χ2n) is 6.73. The predicted octanol–water partition coefficient (Wildman–Crippen LogP) is 1.76. The van der Waals surface area contributed by atoms with E-state index in [1.54, 1.807) is 0 Å². The Labute approximate surface area is 128 Å². The van der Waals surface area contributed by atoms with Gasteiger partial charge in [0.15, 0.2) is 5.96 Å². The van der Waals surface area contributed by atoms with E-state index >= 15 is 0 Å². The lowest BCUT2D eigenvalue weighted by molar-refractivity contribution is 0.288. The lowest BCUT2D eigenvalue weighted by Gasteiger charge is -2.19. The largest absolute Gasteiger partial charge is 0.370 e. The van der Waals surface area contributed by atoms with Crippen LogP contribution >= 0.6 is 0 Å². The molecule has 1 aromatic rings. The van der Waals surface area contributed by atoms with Gasteiger partial charge in [-0.05, 0) is 48.4 Å². The first kappa shape index (κ1) is 15.8. The fourth-order valence-electron chi connectivity index (χ4n) is 3.22. The highest BCUT2D eigenvalue weighted by molar-refractivity contribution is 5.75. The van der Waals surface area contributed by atoms with Crippen molar-refractivity contribution < 1.29 is 0 Å². The standard InChI is InChI=1S/C17H28N4/c1-12(2)10-21(3)11-13-4-5-15-7-14(8-16(15)6-13)9-20-17(18)19/h4-6,12,14H,7-11H2,1-3H3,(H4,18,19,20)/t14-/m1/s1. The second-order valence-corrected chi connectivity index (χ2v) is 6.73. The number of nitrogens with two attached hydrogens (primary N) is 2. The van der Waals surface area contributed by atoms with E-state index in [1.807, 2.05) is 0 Å². The smallest absolute Gasteiger partial charge is 0.185 e. The van der Waals surface area contributed by atoms with Crippen LogP contribution in [0.4, 0.5) is 0 Å². The van der Waals surface area contributed by atoms with Crippen molar-refractivity contribution in [3.05, 3.63) is 34.9 Å². The van der Waals surface area contributed by atoms with Gasteiger partial charge in [-0.2, -0.15) is 0 Å². The average Bonchev–Trinajstić information content (AvgIpc) is 2.77. The minimum Gasteiger partial charge on any atom is -0.370 e. The van der Waals surface area contributed by atoms with Crippen LogP contribution in [0.15, 0.2) is 23.2 Å². The first-order chi connectivity index (χ1) is 9.94. The van der Waals surface area contributed by atoms with E-state index in [4.69, 9.17) is 11.5 Å². The Morgan fingerprint density at radius 3 is 2.67 bits per heavy atom. The molecule has 0 amide bonds. The molecule has 1 aromatic carbocycles. The number of rotatable bonds is 6. The van der Waals surface area contributed by atoms with Gasteiger partial charge in [0.05, 0.1) is 0 Å². The third-order valence-corrected chi connectivity index (χ3v) is 3.95. The van der Waals surface area contributed by atoms with Gasteiger partial charge in [0.1, 0.15) is 0 Å². The van der Waals surface area contributed by atoms with Gasteiger partial charge in [-0.1, -0.05) is 32.0 Å². The molecular formula is C17H28N4. The van der Waals surface area contributed by atoms with Crippen LogP contribution in [0, 0.1) is 11.8 Å². The molecular weight excluding hydrogens is 260 g/mol. The maximum atomic E-state index is 5.42. The second kappa shape index (κ2) is 6.94. The Morgan fingerprint density at radius 2 is 2.00 bits per heavy atom. The van der Waals surface area contributed by atoms with Crippen LogP contribution in [0.5, 0.6) is 0 Å². The van der Waals surface area contributed by atoms with Crippen LogP contribution in [0.3, 0.4) is 0 Å². The topological polar surface area (TPSA) is 67.6 Å². The highest BCUT2D eigenvalue weighted by atomic mass is 15.1. The molecule has 21 heavy (non-hydrogen) atoms. The minimum absolute atomic E-state index is 0.196. The van der Waals surface area contributed by atoms with Crippen molar-refractivity contribution in [3.63, 3.8) is 0 Å². The molecule has 116 valence electrons. The zero-order valence-corrected chi connectivity index (χ0v) is 13.5. The van der Waals surface area contributed by atoms with Crippen LogP contribution in [0.1, 0.15) is 30.5 Å². The molecule has 0 fully saturated rings. The highest BCUT2D eigenvalue weighted by Crippen LogP contribution is 2.28.